The van der Waals surface area contributed by atoms with Crippen molar-refractivity contribution in [3.63, 3.8) is 0 Å². The Morgan fingerprint density at radius 3 is 2.12 bits per heavy atom. The first kappa shape index (κ1) is 6.17. The number of carbonyl (C=O) groups excluding carboxylic acids is 1. The monoisotopic (exact) mass is 153 g/mol. The average Bonchev–Trinajstić information content (AvgIpc) is 2.17. The lowest BCUT2D eigenvalue weighted by molar-refractivity contribution is -0.111. The van der Waals surface area contributed by atoms with Gasteiger partial charge in [0.25, 0.3) is 0 Å². The number of carbonyl (C=O) groups is 1. The molecule has 0 aromatic carbocycles. The minimum Gasteiger partial charge on any atom is -0.338 e. The molecule has 1 saturated heterocycles. The number of amides is 1. The van der Waals surface area contributed by atoms with E-state index in [1.54, 1.807) is 6.92 Å². The van der Waals surface area contributed by atoms with Crippen LogP contribution in [0, 0.1) is 0 Å². The van der Waals surface area contributed by atoms with Crippen LogP contribution in [0.15, 0.2) is 0 Å². The molecule has 0 bridgehead atoms. The minimum atomic E-state index is -0.650. The van der Waals surface area contributed by atoms with E-state index >= 15 is 0 Å². The zero-order valence-electron chi connectivity index (χ0n) is 4.24. The van der Waals surface area contributed by atoms with E-state index in [2.05, 4.69) is 5.32 Å². The van der Waals surface area contributed by atoms with Crippen molar-refractivity contribution in [2.45, 2.75) is 17.3 Å². The molecule has 1 N–H and O–H groups in total. The molecule has 0 radical (unpaired) electrons. The van der Waals surface area contributed by atoms with Crippen LogP contribution in [-0.2, 0) is 4.79 Å². The Morgan fingerprint density at radius 2 is 2.12 bits per heavy atom. The van der Waals surface area contributed by atoms with E-state index in [1.807, 2.05) is 0 Å². The number of rotatable bonds is 1. The first-order valence-electron chi connectivity index (χ1n) is 2.18. The summed E-state index contributed by atoms with van der Waals surface area (Å²) in [6.07, 6.45) is 0. The maximum absolute atomic E-state index is 10.4. The molecule has 1 aliphatic rings. The Morgan fingerprint density at radius 1 is 1.75 bits per heavy atom. The van der Waals surface area contributed by atoms with Crippen LogP contribution in [0.3, 0.4) is 0 Å². The second-order valence-corrected chi connectivity index (χ2v) is 3.05. The van der Waals surface area contributed by atoms with E-state index in [4.69, 9.17) is 23.2 Å². The summed E-state index contributed by atoms with van der Waals surface area (Å²) in [5.74, 6) is -0.0764. The van der Waals surface area contributed by atoms with Crippen molar-refractivity contribution in [2.24, 2.45) is 0 Å². The van der Waals surface area contributed by atoms with Crippen LogP contribution in [0.5, 0.6) is 0 Å². The highest BCUT2D eigenvalue weighted by molar-refractivity contribution is 6.48. The highest BCUT2D eigenvalue weighted by Crippen LogP contribution is 2.29. The molecule has 1 heterocycles. The van der Waals surface area contributed by atoms with Crippen LogP contribution in [0.1, 0.15) is 6.92 Å². The lowest BCUT2D eigenvalue weighted by atomic mass is 10.2. The molecule has 2 nitrogen and oxygen atoms in total. The molecule has 0 aromatic heterocycles. The highest BCUT2D eigenvalue weighted by Gasteiger charge is 2.53. The lowest BCUT2D eigenvalue weighted by Gasteiger charge is -2.00. The maximum atomic E-state index is 10.4. The molecule has 0 aliphatic carbocycles. The lowest BCUT2D eigenvalue weighted by Crippen LogP contribution is -2.19. The van der Waals surface area contributed by atoms with E-state index in [0.29, 0.717) is 0 Å². The fourth-order valence-corrected chi connectivity index (χ4v) is 0.666. The van der Waals surface area contributed by atoms with Gasteiger partial charge in [0.2, 0.25) is 5.91 Å². The third-order valence-electron chi connectivity index (χ3n) is 1.22. The molecule has 1 aliphatic heterocycles. The largest absolute Gasteiger partial charge is 0.338 e. The third-order valence-corrected chi connectivity index (χ3v) is 2.09. The molecule has 4 heteroatoms. The van der Waals surface area contributed by atoms with Crippen LogP contribution < -0.4 is 5.32 Å². The standard InChI is InChI=1S/C4H5Cl2NO/c1-4(2(5)6)3(8)7-4/h2H,1H3,(H,7,8). The Kier molecular flexibility index (Phi) is 1.17. The van der Waals surface area contributed by atoms with Crippen molar-refractivity contribution >= 4 is 29.1 Å². The maximum Gasteiger partial charge on any atom is 0.249 e. The number of hydrogen-bond acceptors (Lipinski definition) is 1. The Bertz CT molecular complexity index is 136. The second kappa shape index (κ2) is 1.52. The van der Waals surface area contributed by atoms with Gasteiger partial charge >= 0.3 is 0 Å². The number of halogens is 2. The summed E-state index contributed by atoms with van der Waals surface area (Å²) < 4.78 is 0. The summed E-state index contributed by atoms with van der Waals surface area (Å²) in [7, 11) is 0. The molecule has 1 atom stereocenters. The SMILES string of the molecule is CC1(C(Cl)Cl)NC1=O. The molecular formula is C4H5Cl2NO. The van der Waals surface area contributed by atoms with Gasteiger partial charge in [0, 0.05) is 0 Å². The van der Waals surface area contributed by atoms with Crippen molar-refractivity contribution in [3.8, 4) is 0 Å². The number of hydrogen-bond donors (Lipinski definition) is 1. The Labute approximate surface area is 57.1 Å². The summed E-state index contributed by atoms with van der Waals surface area (Å²) in [6.45, 7) is 1.67. The molecule has 1 amide bonds. The summed E-state index contributed by atoms with van der Waals surface area (Å²) in [5, 5.41) is 2.50. The van der Waals surface area contributed by atoms with E-state index in [1.165, 1.54) is 0 Å². The van der Waals surface area contributed by atoms with Crippen molar-refractivity contribution in [1.82, 2.24) is 5.32 Å². The molecule has 1 rings (SSSR count). The molecular weight excluding hydrogens is 149 g/mol. The first-order valence-corrected chi connectivity index (χ1v) is 3.05. The summed E-state index contributed by atoms with van der Waals surface area (Å²) in [4.78, 5) is 9.74. The van der Waals surface area contributed by atoms with Gasteiger partial charge < -0.3 is 5.32 Å². The molecule has 0 saturated carbocycles. The van der Waals surface area contributed by atoms with Crippen molar-refractivity contribution in [2.75, 3.05) is 0 Å². The molecule has 1 unspecified atom stereocenters. The van der Waals surface area contributed by atoms with E-state index in [9.17, 15) is 4.79 Å². The Hall–Kier alpha value is 0.0500. The van der Waals surface area contributed by atoms with E-state index < -0.39 is 10.4 Å². The van der Waals surface area contributed by atoms with Gasteiger partial charge in [-0.05, 0) is 6.92 Å². The molecule has 1 fully saturated rings. The first-order chi connectivity index (χ1) is 3.57. The van der Waals surface area contributed by atoms with Crippen molar-refractivity contribution in [1.29, 1.82) is 0 Å². The topological polar surface area (TPSA) is 39.0 Å². The van der Waals surface area contributed by atoms with Crippen molar-refractivity contribution in [3.05, 3.63) is 0 Å². The van der Waals surface area contributed by atoms with Crippen molar-refractivity contribution < 1.29 is 4.79 Å². The van der Waals surface area contributed by atoms with Crippen LogP contribution in [0.25, 0.3) is 0 Å². The quantitative estimate of drug-likeness (QED) is 0.437. The second-order valence-electron chi connectivity index (χ2n) is 1.96. The van der Waals surface area contributed by atoms with Crippen LogP contribution in [-0.4, -0.2) is 16.3 Å². The predicted molar refractivity (Wildman–Crippen MR) is 32.0 cm³/mol. The average molecular weight is 154 g/mol. The van der Waals surface area contributed by atoms with E-state index in [0.717, 1.165) is 0 Å². The third kappa shape index (κ3) is 0.681. The number of nitrogens with one attached hydrogen (secondary N) is 1. The highest BCUT2D eigenvalue weighted by atomic mass is 35.5. The zero-order valence-corrected chi connectivity index (χ0v) is 5.75. The molecule has 46 valence electrons. The fourth-order valence-electron chi connectivity index (χ4n) is 0.358. The van der Waals surface area contributed by atoms with E-state index in [-0.39, 0.29) is 5.91 Å². The number of alkyl halides is 2. The smallest absolute Gasteiger partial charge is 0.249 e. The summed E-state index contributed by atoms with van der Waals surface area (Å²) >= 11 is 10.8. The van der Waals surface area contributed by atoms with Gasteiger partial charge in [0.1, 0.15) is 10.4 Å². The fraction of sp³-hybridized carbons (Fsp3) is 0.750. The van der Waals surface area contributed by atoms with Gasteiger partial charge in [0.05, 0.1) is 0 Å². The molecule has 0 spiro atoms. The summed E-state index contributed by atoms with van der Waals surface area (Å²) in [6, 6.07) is 0. The predicted octanol–water partition coefficient (Wildman–Crippen LogP) is 0.679. The van der Waals surface area contributed by atoms with Gasteiger partial charge in [-0.2, -0.15) is 0 Å². The molecule has 8 heavy (non-hydrogen) atoms. The minimum absolute atomic E-state index is 0.0764. The van der Waals surface area contributed by atoms with Gasteiger partial charge in [-0.3, -0.25) is 4.79 Å². The van der Waals surface area contributed by atoms with Gasteiger partial charge in [0.15, 0.2) is 0 Å². The van der Waals surface area contributed by atoms with Crippen LogP contribution in [0.4, 0.5) is 0 Å². The summed E-state index contributed by atoms with van der Waals surface area (Å²) in [5.41, 5.74) is -0.650. The van der Waals surface area contributed by atoms with Crippen LogP contribution in [0.2, 0.25) is 0 Å². The molecule has 0 aromatic rings. The normalized spacial score (nSPS) is 35.2. The van der Waals surface area contributed by atoms with Gasteiger partial charge in [-0.1, -0.05) is 0 Å². The van der Waals surface area contributed by atoms with Crippen LogP contribution >= 0.6 is 23.2 Å². The zero-order chi connectivity index (χ0) is 6.36. The van der Waals surface area contributed by atoms with Gasteiger partial charge in [-0.25, -0.2) is 0 Å². The Balaban J connectivity index is 2.59. The van der Waals surface area contributed by atoms with Gasteiger partial charge in [-0.15, -0.1) is 23.2 Å².